The maximum absolute atomic E-state index is 13.4. The largest absolute Gasteiger partial charge is 0.480 e. The van der Waals surface area contributed by atoms with Crippen LogP contribution in [0.4, 0.5) is 0 Å². The number of aliphatic carboxylic acids is 1. The summed E-state index contributed by atoms with van der Waals surface area (Å²) in [4.78, 5) is 66.3. The maximum atomic E-state index is 13.4. The van der Waals surface area contributed by atoms with Crippen molar-refractivity contribution < 1.29 is 34.2 Å². The molecule has 0 bridgehead atoms. The molecule has 13 heteroatoms. The van der Waals surface area contributed by atoms with Gasteiger partial charge in [0.2, 0.25) is 11.8 Å². The summed E-state index contributed by atoms with van der Waals surface area (Å²) in [7, 11) is 0. The Morgan fingerprint density at radius 2 is 1.81 bits per heavy atom. The van der Waals surface area contributed by atoms with Crippen molar-refractivity contribution in [3.8, 4) is 0 Å². The van der Waals surface area contributed by atoms with Crippen molar-refractivity contribution in [3.05, 3.63) is 35.9 Å². The van der Waals surface area contributed by atoms with Crippen molar-refractivity contribution in [2.24, 2.45) is 0 Å². The Labute approximate surface area is 212 Å². The number of thioether (sulfide) groups is 1. The van der Waals surface area contributed by atoms with Gasteiger partial charge in [0.15, 0.2) is 6.35 Å². The number of aliphatic hydroxyl groups excluding tert-OH is 1. The van der Waals surface area contributed by atoms with Gasteiger partial charge >= 0.3 is 17.8 Å². The number of carboxylic acid groups (broad SMARTS) is 1. The Hall–Kier alpha value is -3.16. The fraction of sp³-hybridized carbons (Fsp3) is 0.522. The molecule has 0 radical (unpaired) electrons. The topological polar surface area (TPSA) is 160 Å². The van der Waals surface area contributed by atoms with Gasteiger partial charge in [-0.05, 0) is 26.3 Å². The van der Waals surface area contributed by atoms with Crippen LogP contribution in [0.2, 0.25) is 0 Å². The van der Waals surface area contributed by atoms with Crippen LogP contribution in [0, 0.1) is 0 Å². The quantitative estimate of drug-likeness (QED) is 0.190. The number of fused-ring (bicyclic) bond motifs is 1. The number of benzene rings is 1. The first-order valence-corrected chi connectivity index (χ1v) is 12.5. The Balaban J connectivity index is 1.50. The first kappa shape index (κ1) is 25.9. The van der Waals surface area contributed by atoms with Crippen LogP contribution in [0.25, 0.3) is 0 Å². The third-order valence-corrected chi connectivity index (χ3v) is 8.27. The Morgan fingerprint density at radius 3 is 2.42 bits per heavy atom. The molecule has 194 valence electrons. The molecule has 4 N–H and O–H groups in total. The third-order valence-electron chi connectivity index (χ3n) is 6.70. The van der Waals surface area contributed by atoms with Gasteiger partial charge in [0, 0.05) is 24.4 Å². The van der Waals surface area contributed by atoms with E-state index in [-0.39, 0.29) is 13.1 Å². The monoisotopic (exact) mass is 519 g/mol. The fourth-order valence-corrected chi connectivity index (χ4v) is 6.44. The number of aliphatic hydroxyl groups is 1. The van der Waals surface area contributed by atoms with Gasteiger partial charge in [-0.3, -0.25) is 29.4 Å². The molecule has 0 spiro atoms. The summed E-state index contributed by atoms with van der Waals surface area (Å²) in [5.41, 5.74) is 0.464. The molecule has 4 amide bonds. The van der Waals surface area contributed by atoms with Gasteiger partial charge < -0.3 is 25.3 Å². The number of hydrogen-bond donors (Lipinski definition) is 4. The van der Waals surface area contributed by atoms with E-state index in [0.29, 0.717) is 12.1 Å². The van der Waals surface area contributed by atoms with Crippen LogP contribution in [0.15, 0.2) is 30.3 Å². The van der Waals surface area contributed by atoms with Crippen LogP contribution in [-0.4, -0.2) is 103 Å². The first-order chi connectivity index (χ1) is 17.0. The summed E-state index contributed by atoms with van der Waals surface area (Å²) in [5, 5.41) is 25.2. The second-order valence-electron chi connectivity index (χ2n) is 9.35. The zero-order valence-electron chi connectivity index (χ0n) is 20.1. The molecule has 2 unspecified atom stereocenters. The Morgan fingerprint density at radius 1 is 1.14 bits per heavy atom. The Bertz CT molecular complexity index is 1080. The zero-order valence-corrected chi connectivity index (χ0v) is 20.9. The second-order valence-corrected chi connectivity index (χ2v) is 11.1. The molecular weight excluding hydrogens is 490 g/mol. The molecule has 0 aliphatic carbocycles. The molecule has 3 saturated heterocycles. The first-order valence-electron chi connectivity index (χ1n) is 11.6. The molecule has 12 nitrogen and oxygen atoms in total. The second kappa shape index (κ2) is 9.71. The molecule has 5 atom stereocenters. The van der Waals surface area contributed by atoms with Crippen LogP contribution in [0.3, 0.4) is 0 Å². The van der Waals surface area contributed by atoms with E-state index in [1.807, 2.05) is 0 Å². The van der Waals surface area contributed by atoms with Crippen molar-refractivity contribution in [2.45, 2.75) is 55.4 Å². The number of rotatable bonds is 8. The minimum Gasteiger partial charge on any atom is -0.480 e. The van der Waals surface area contributed by atoms with Gasteiger partial charge in [-0.25, -0.2) is 4.79 Å². The van der Waals surface area contributed by atoms with E-state index in [1.165, 1.54) is 21.6 Å². The maximum Gasteiger partial charge on any atom is 0.327 e. The Kier molecular flexibility index (Phi) is 6.99. The average Bonchev–Trinajstić information content (AvgIpc) is 3.10. The predicted molar refractivity (Wildman–Crippen MR) is 128 cm³/mol. The van der Waals surface area contributed by atoms with Gasteiger partial charge in [0.05, 0.1) is 0 Å². The highest BCUT2D eigenvalue weighted by Crippen LogP contribution is 2.50. The summed E-state index contributed by atoms with van der Waals surface area (Å²) in [6, 6.07) is 5.32. The predicted octanol–water partition coefficient (Wildman–Crippen LogP) is -1.08. The van der Waals surface area contributed by atoms with Crippen molar-refractivity contribution in [3.63, 3.8) is 0 Å². The van der Waals surface area contributed by atoms with Gasteiger partial charge in [-0.2, -0.15) is 0 Å². The van der Waals surface area contributed by atoms with E-state index in [4.69, 9.17) is 0 Å². The lowest BCUT2D eigenvalue weighted by Crippen LogP contribution is -2.71. The molecule has 3 aliphatic heterocycles. The van der Waals surface area contributed by atoms with Crippen LogP contribution >= 0.6 is 11.8 Å². The number of carboxylic acids is 1. The number of carbonyl (C=O) groups is 5. The van der Waals surface area contributed by atoms with E-state index < -0.39 is 64.2 Å². The minimum atomic E-state index is -1.64. The van der Waals surface area contributed by atoms with Crippen LogP contribution < -0.4 is 10.6 Å². The molecular formula is C23H29N5O7S. The van der Waals surface area contributed by atoms with Crippen LogP contribution in [-0.2, 0) is 24.0 Å². The van der Waals surface area contributed by atoms with E-state index >= 15 is 0 Å². The molecule has 1 aromatic carbocycles. The summed E-state index contributed by atoms with van der Waals surface area (Å²) in [6.45, 7) is 5.91. The summed E-state index contributed by atoms with van der Waals surface area (Å²) >= 11 is 1.30. The lowest BCUT2D eigenvalue weighted by molar-refractivity contribution is -0.166. The van der Waals surface area contributed by atoms with Crippen molar-refractivity contribution in [1.29, 1.82) is 0 Å². The highest BCUT2D eigenvalue weighted by atomic mass is 32.2. The number of hydrogen-bond acceptors (Lipinski definition) is 8. The number of β-lactam (4-membered cyclic amide) rings is 1. The SMILES string of the molecule is CCN1CCN(C(O)N[C@@H](C(=O)N[C@@H]2C(=O)N3C2SC(C)(C)[C@@H]3C(=O)O)c2ccccc2)C(=O)C1=O. The lowest BCUT2D eigenvalue weighted by atomic mass is 9.95. The minimum absolute atomic E-state index is 0.0795. The van der Waals surface area contributed by atoms with Crippen molar-refractivity contribution >= 4 is 41.4 Å². The summed E-state index contributed by atoms with van der Waals surface area (Å²) < 4.78 is -0.744. The van der Waals surface area contributed by atoms with Gasteiger partial charge in [-0.15, -0.1) is 11.8 Å². The van der Waals surface area contributed by atoms with E-state index in [0.717, 1.165) is 4.90 Å². The van der Waals surface area contributed by atoms with Gasteiger partial charge in [-0.1, -0.05) is 30.3 Å². The average molecular weight is 520 g/mol. The summed E-state index contributed by atoms with van der Waals surface area (Å²) in [6.07, 6.45) is -1.64. The lowest BCUT2D eigenvalue weighted by Gasteiger charge is -2.44. The molecule has 3 aliphatic rings. The normalized spacial score (nSPS) is 26.8. The molecule has 36 heavy (non-hydrogen) atoms. The number of carbonyl (C=O) groups excluding carboxylic acids is 4. The smallest absolute Gasteiger partial charge is 0.327 e. The molecule has 3 heterocycles. The zero-order chi connectivity index (χ0) is 26.4. The molecule has 4 rings (SSSR count). The molecule has 3 fully saturated rings. The highest BCUT2D eigenvalue weighted by molar-refractivity contribution is 8.01. The van der Waals surface area contributed by atoms with Gasteiger partial charge in [0.1, 0.15) is 23.5 Å². The number of likely N-dealkylation sites (N-methyl/N-ethyl adjacent to an activating group) is 1. The third kappa shape index (κ3) is 4.42. The fourth-order valence-electron chi connectivity index (χ4n) is 4.81. The highest BCUT2D eigenvalue weighted by Gasteiger charge is 2.64. The van der Waals surface area contributed by atoms with Crippen molar-refractivity contribution in [1.82, 2.24) is 25.3 Å². The van der Waals surface area contributed by atoms with Crippen molar-refractivity contribution in [2.75, 3.05) is 19.6 Å². The summed E-state index contributed by atoms with van der Waals surface area (Å²) in [5.74, 6) is -3.87. The standard InChI is InChI=1S/C23H29N5O7S/c1-4-26-10-11-27(19(32)18(26)31)22(35)25-13(12-8-6-5-7-9-12)16(29)24-14-17(30)28-15(21(33)34)23(2,3)36-20(14)28/h5-9,13-15,20,22,25,35H,4,10-11H2,1-3H3,(H,24,29)(H,33,34)/t13-,14-,15+,20?,22?/m1/s1. The van der Waals surface area contributed by atoms with E-state index in [9.17, 15) is 34.2 Å². The van der Waals surface area contributed by atoms with E-state index in [2.05, 4.69) is 10.6 Å². The molecule has 0 saturated carbocycles. The number of nitrogens with one attached hydrogen (secondary N) is 2. The molecule has 1 aromatic rings. The number of nitrogens with zero attached hydrogens (tertiary/aromatic N) is 3. The number of amides is 4. The molecule has 0 aromatic heterocycles. The number of piperazine rings is 1. The van der Waals surface area contributed by atoms with Crippen LogP contribution in [0.5, 0.6) is 0 Å². The van der Waals surface area contributed by atoms with E-state index in [1.54, 1.807) is 51.1 Å². The van der Waals surface area contributed by atoms with Crippen LogP contribution in [0.1, 0.15) is 32.4 Å². The van der Waals surface area contributed by atoms with Gasteiger partial charge in [0.25, 0.3) is 0 Å².